The maximum Gasteiger partial charge on any atom is 0.225 e. The van der Waals surface area contributed by atoms with E-state index >= 15 is 0 Å². The van der Waals surface area contributed by atoms with Gasteiger partial charge in [-0.2, -0.15) is 0 Å². The lowest BCUT2D eigenvalue weighted by Gasteiger charge is -2.62. The zero-order valence-electron chi connectivity index (χ0n) is 20.8. The molecule has 182 valence electrons. The number of aliphatic hydroxyl groups excluding tert-OH is 2. The van der Waals surface area contributed by atoms with Crippen LogP contribution in [0.2, 0.25) is 0 Å². The van der Waals surface area contributed by atoms with Gasteiger partial charge in [0.15, 0.2) is 0 Å². The molecule has 5 fully saturated rings. The molecule has 0 unspecified atom stereocenters. The molecule has 1 aliphatic heterocycles. The van der Waals surface area contributed by atoms with Gasteiger partial charge in [0.25, 0.3) is 0 Å². The van der Waals surface area contributed by atoms with Crippen LogP contribution in [0.15, 0.2) is 0 Å². The summed E-state index contributed by atoms with van der Waals surface area (Å²) in [6.45, 7) is 12.3. The molecule has 4 aliphatic carbocycles. The highest BCUT2D eigenvalue weighted by Crippen LogP contribution is 2.66. The van der Waals surface area contributed by atoms with Gasteiger partial charge in [-0.1, -0.05) is 27.7 Å². The number of rotatable bonds is 2. The maximum absolute atomic E-state index is 12.4. The van der Waals surface area contributed by atoms with E-state index in [0.29, 0.717) is 17.3 Å². The molecule has 5 rings (SSSR count). The van der Waals surface area contributed by atoms with Crippen LogP contribution in [0.25, 0.3) is 0 Å². The predicted molar refractivity (Wildman–Crippen MR) is 126 cm³/mol. The van der Waals surface area contributed by atoms with Crippen molar-refractivity contribution in [3.05, 3.63) is 0 Å². The first kappa shape index (κ1) is 23.1. The fourth-order valence-electron chi connectivity index (χ4n) is 9.26. The van der Waals surface area contributed by atoms with Crippen LogP contribution < -0.4 is 0 Å². The molecule has 0 radical (unpaired) electrons. The second kappa shape index (κ2) is 8.23. The van der Waals surface area contributed by atoms with Crippen molar-refractivity contribution in [2.45, 2.75) is 97.3 Å². The highest BCUT2D eigenvalue weighted by molar-refractivity contribution is 5.78. The summed E-state index contributed by atoms with van der Waals surface area (Å²) in [5.74, 6) is 3.14. The number of hydrogen-bond acceptors (Lipinski definition) is 4. The fourth-order valence-corrected chi connectivity index (χ4v) is 9.26. The van der Waals surface area contributed by atoms with Crippen LogP contribution in [0.4, 0.5) is 0 Å². The molecule has 4 saturated carbocycles. The van der Waals surface area contributed by atoms with Gasteiger partial charge in [0.05, 0.1) is 12.2 Å². The van der Waals surface area contributed by atoms with Crippen LogP contribution in [0.5, 0.6) is 0 Å². The lowest BCUT2D eigenvalue weighted by molar-refractivity contribution is -0.157. The van der Waals surface area contributed by atoms with E-state index in [2.05, 4.69) is 18.7 Å². The molecular formula is C27H46N2O3. The first-order valence-electron chi connectivity index (χ1n) is 13.5. The molecule has 5 heteroatoms. The fraction of sp³-hybridized carbons (Fsp3) is 0.963. The van der Waals surface area contributed by atoms with Gasteiger partial charge in [0.2, 0.25) is 5.91 Å². The summed E-state index contributed by atoms with van der Waals surface area (Å²) < 4.78 is 0. The number of carbonyl (C=O) groups excluding carboxylic acids is 1. The Hall–Kier alpha value is -0.650. The van der Waals surface area contributed by atoms with Gasteiger partial charge in [0.1, 0.15) is 0 Å². The molecule has 0 spiro atoms. The summed E-state index contributed by atoms with van der Waals surface area (Å²) in [6.07, 6.45) is 8.87. The minimum Gasteiger partial charge on any atom is -0.393 e. The largest absolute Gasteiger partial charge is 0.393 e. The van der Waals surface area contributed by atoms with Crippen molar-refractivity contribution in [2.75, 3.05) is 26.2 Å². The number of fused-ring (bicyclic) bond motifs is 5. The van der Waals surface area contributed by atoms with Gasteiger partial charge >= 0.3 is 0 Å². The maximum atomic E-state index is 12.4. The van der Waals surface area contributed by atoms with E-state index in [1.807, 2.05) is 18.7 Å². The van der Waals surface area contributed by atoms with Crippen molar-refractivity contribution in [1.82, 2.24) is 9.80 Å². The van der Waals surface area contributed by atoms with Crippen molar-refractivity contribution in [3.63, 3.8) is 0 Å². The van der Waals surface area contributed by atoms with E-state index in [-0.39, 0.29) is 35.5 Å². The Morgan fingerprint density at radius 1 is 0.906 bits per heavy atom. The smallest absolute Gasteiger partial charge is 0.225 e. The van der Waals surface area contributed by atoms with E-state index in [9.17, 15) is 15.0 Å². The number of hydrogen-bond donors (Lipinski definition) is 2. The van der Waals surface area contributed by atoms with E-state index in [1.54, 1.807) is 0 Å². The molecule has 0 aromatic carbocycles. The first-order chi connectivity index (χ1) is 15.1. The molecule has 32 heavy (non-hydrogen) atoms. The number of piperazine rings is 1. The Balaban J connectivity index is 1.31. The molecule has 1 heterocycles. The number of amides is 1. The molecule has 0 aromatic rings. The summed E-state index contributed by atoms with van der Waals surface area (Å²) in [4.78, 5) is 16.9. The Labute approximate surface area is 194 Å². The molecule has 2 N–H and O–H groups in total. The van der Waals surface area contributed by atoms with Gasteiger partial charge in [-0.15, -0.1) is 0 Å². The third kappa shape index (κ3) is 3.48. The lowest BCUT2D eigenvalue weighted by Crippen LogP contribution is -2.62. The van der Waals surface area contributed by atoms with Gasteiger partial charge < -0.3 is 15.1 Å². The third-order valence-corrected chi connectivity index (χ3v) is 11.2. The lowest BCUT2D eigenvalue weighted by atomic mass is 9.44. The van der Waals surface area contributed by atoms with Gasteiger partial charge in [0, 0.05) is 38.1 Å². The minimum absolute atomic E-state index is 0.0618. The van der Waals surface area contributed by atoms with Crippen LogP contribution in [0, 0.1) is 40.4 Å². The van der Waals surface area contributed by atoms with Gasteiger partial charge in [-0.05, 0) is 85.9 Å². The second-order valence-electron chi connectivity index (χ2n) is 12.9. The molecule has 1 amide bonds. The van der Waals surface area contributed by atoms with E-state index in [1.165, 1.54) is 32.1 Å². The highest BCUT2D eigenvalue weighted by Gasteiger charge is 2.61. The highest BCUT2D eigenvalue weighted by atomic mass is 16.3. The topological polar surface area (TPSA) is 64.0 Å². The van der Waals surface area contributed by atoms with Crippen molar-refractivity contribution in [2.24, 2.45) is 40.4 Å². The standard InChI is InChI=1S/C27H46N2O3/c1-17(2)25(32)29-13-11-28(12-14-29)22-16-27(4)18(15-23(22)30)5-6-19-20-7-8-24(31)26(20,3)10-9-21(19)27/h17-24,30-31H,5-16H2,1-4H3/t18-,19-,20-,21-,22-,23-,24-,26-,27-/m0/s1. The zero-order chi connectivity index (χ0) is 22.8. The summed E-state index contributed by atoms with van der Waals surface area (Å²) in [6, 6.07) is 0.230. The van der Waals surface area contributed by atoms with Crippen molar-refractivity contribution >= 4 is 5.91 Å². The zero-order valence-corrected chi connectivity index (χ0v) is 20.8. The van der Waals surface area contributed by atoms with Crippen molar-refractivity contribution in [3.8, 4) is 0 Å². The van der Waals surface area contributed by atoms with Crippen molar-refractivity contribution in [1.29, 1.82) is 0 Å². The van der Waals surface area contributed by atoms with E-state index in [4.69, 9.17) is 0 Å². The quantitative estimate of drug-likeness (QED) is 0.681. The van der Waals surface area contributed by atoms with Crippen molar-refractivity contribution < 1.29 is 15.0 Å². The number of aliphatic hydroxyl groups is 2. The second-order valence-corrected chi connectivity index (χ2v) is 12.9. The molecule has 9 atom stereocenters. The molecule has 1 saturated heterocycles. The molecular weight excluding hydrogens is 400 g/mol. The summed E-state index contributed by atoms with van der Waals surface area (Å²) in [5, 5.41) is 21.9. The van der Waals surface area contributed by atoms with Crippen LogP contribution >= 0.6 is 0 Å². The Morgan fingerprint density at radius 3 is 2.28 bits per heavy atom. The minimum atomic E-state index is -0.237. The summed E-state index contributed by atoms with van der Waals surface area (Å²) in [5.41, 5.74) is 0.434. The number of nitrogens with zero attached hydrogens (tertiary/aromatic N) is 2. The summed E-state index contributed by atoms with van der Waals surface area (Å²) in [7, 11) is 0. The molecule has 0 bridgehead atoms. The molecule has 5 nitrogen and oxygen atoms in total. The average Bonchev–Trinajstić information content (AvgIpc) is 3.08. The van der Waals surface area contributed by atoms with Crippen LogP contribution in [0.3, 0.4) is 0 Å². The SMILES string of the molecule is CC(C)C(=O)N1CCN([C@H]2C[C@@]3(C)[C@@H](CC[C@@H]4[C@@H]3CC[C@]3(C)[C@@H](O)CC[C@@H]43)C[C@@H]2O)CC1. The van der Waals surface area contributed by atoms with Crippen LogP contribution in [-0.2, 0) is 4.79 Å². The van der Waals surface area contributed by atoms with E-state index < -0.39 is 0 Å². The Bertz CT molecular complexity index is 720. The van der Waals surface area contributed by atoms with Crippen LogP contribution in [-0.4, -0.2) is 70.3 Å². The predicted octanol–water partition coefficient (Wildman–Crippen LogP) is 3.53. The van der Waals surface area contributed by atoms with Crippen LogP contribution in [0.1, 0.15) is 79.1 Å². The molecule has 0 aromatic heterocycles. The third-order valence-electron chi connectivity index (χ3n) is 11.2. The number of carbonyl (C=O) groups is 1. The van der Waals surface area contributed by atoms with Gasteiger partial charge in [-0.3, -0.25) is 9.69 Å². The van der Waals surface area contributed by atoms with Gasteiger partial charge in [-0.25, -0.2) is 0 Å². The average molecular weight is 447 g/mol. The normalized spacial score (nSPS) is 49.5. The molecule has 5 aliphatic rings. The first-order valence-corrected chi connectivity index (χ1v) is 13.5. The Kier molecular flexibility index (Phi) is 5.95. The summed E-state index contributed by atoms with van der Waals surface area (Å²) >= 11 is 0. The van der Waals surface area contributed by atoms with E-state index in [0.717, 1.165) is 57.3 Å². The Morgan fingerprint density at radius 2 is 1.59 bits per heavy atom. The monoisotopic (exact) mass is 446 g/mol.